The lowest BCUT2D eigenvalue weighted by atomic mass is 10.1. The molecule has 4 amide bonds. The van der Waals surface area contributed by atoms with E-state index in [4.69, 9.17) is 10.5 Å². The first kappa shape index (κ1) is 19.9. The molecular weight excluding hydrogens is 376 g/mol. The Morgan fingerprint density at radius 1 is 1.17 bits per heavy atom. The fourth-order valence-electron chi connectivity index (χ4n) is 3.08. The molecule has 2 aromatic rings. The number of fused-ring (bicyclic) bond motifs is 1. The van der Waals surface area contributed by atoms with Crippen LogP contribution in [-0.4, -0.2) is 36.5 Å². The van der Waals surface area contributed by atoms with Gasteiger partial charge in [-0.05, 0) is 43.3 Å². The van der Waals surface area contributed by atoms with Crippen molar-refractivity contribution >= 4 is 40.9 Å². The lowest BCUT2D eigenvalue weighted by molar-refractivity contribution is -0.122. The van der Waals surface area contributed by atoms with Crippen molar-refractivity contribution in [1.82, 2.24) is 0 Å². The molecule has 1 aliphatic rings. The second kappa shape index (κ2) is 8.42. The van der Waals surface area contributed by atoms with Gasteiger partial charge in [-0.15, -0.1) is 0 Å². The number of amides is 4. The number of esters is 1. The van der Waals surface area contributed by atoms with Crippen molar-refractivity contribution in [3.05, 3.63) is 54.1 Å². The Balaban J connectivity index is 1.69. The van der Waals surface area contributed by atoms with Crippen LogP contribution in [-0.2, 0) is 14.3 Å². The maximum atomic E-state index is 12.8. The molecule has 9 nitrogen and oxygen atoms in total. The van der Waals surface area contributed by atoms with E-state index in [0.29, 0.717) is 17.1 Å². The van der Waals surface area contributed by atoms with Gasteiger partial charge >= 0.3 is 12.0 Å². The van der Waals surface area contributed by atoms with Crippen LogP contribution in [0.4, 0.5) is 21.9 Å². The van der Waals surface area contributed by atoms with Gasteiger partial charge in [0.2, 0.25) is 5.91 Å². The summed E-state index contributed by atoms with van der Waals surface area (Å²) in [5.74, 6) is -1.32. The summed E-state index contributed by atoms with van der Waals surface area (Å²) in [4.78, 5) is 49.3. The second-order valence-electron chi connectivity index (χ2n) is 6.52. The highest BCUT2D eigenvalue weighted by atomic mass is 16.5. The molecular formula is C20H20N4O5. The fourth-order valence-corrected chi connectivity index (χ4v) is 3.08. The van der Waals surface area contributed by atoms with Crippen LogP contribution < -0.4 is 21.3 Å². The summed E-state index contributed by atoms with van der Waals surface area (Å²) >= 11 is 0. The first-order valence-corrected chi connectivity index (χ1v) is 8.89. The Kier molecular flexibility index (Phi) is 5.77. The number of carbonyl (C=O) groups excluding carboxylic acids is 4. The third-order valence-electron chi connectivity index (χ3n) is 4.34. The number of carbonyl (C=O) groups is 4. The number of anilines is 3. The topological polar surface area (TPSA) is 131 Å². The fraction of sp³-hybridized carbons (Fsp3) is 0.200. The summed E-state index contributed by atoms with van der Waals surface area (Å²) in [6.07, 6.45) is 0.128. The molecule has 1 aliphatic heterocycles. The number of nitrogens with two attached hydrogens (primary N) is 1. The average molecular weight is 396 g/mol. The predicted molar refractivity (Wildman–Crippen MR) is 107 cm³/mol. The van der Waals surface area contributed by atoms with Gasteiger partial charge in [0.25, 0.3) is 5.91 Å². The smallest absolute Gasteiger partial charge is 0.338 e. The van der Waals surface area contributed by atoms with E-state index in [0.717, 1.165) is 0 Å². The molecule has 0 aliphatic carbocycles. The van der Waals surface area contributed by atoms with Gasteiger partial charge in [0.15, 0.2) is 6.61 Å². The van der Waals surface area contributed by atoms with Crippen molar-refractivity contribution in [2.24, 2.45) is 5.73 Å². The number of rotatable bonds is 4. The zero-order valence-corrected chi connectivity index (χ0v) is 15.7. The molecule has 150 valence electrons. The monoisotopic (exact) mass is 396 g/mol. The van der Waals surface area contributed by atoms with Crippen LogP contribution in [0.15, 0.2) is 48.5 Å². The third kappa shape index (κ3) is 4.70. The molecule has 3 rings (SSSR count). The largest absolute Gasteiger partial charge is 0.452 e. The standard InChI is InChI=1S/C20H20N4O5/c1-12-10-17(25)23-15-4-2-3-5-16(15)24(12)18(26)11-29-19(27)13-6-8-14(9-7-13)22-20(21)28/h2-9,12H,10-11H2,1H3,(H,23,25)(H3,21,22,28). The van der Waals surface area contributed by atoms with E-state index in [-0.39, 0.29) is 17.9 Å². The Hall–Kier alpha value is -3.88. The van der Waals surface area contributed by atoms with Crippen molar-refractivity contribution in [3.8, 4) is 0 Å². The number of primary amides is 1. The summed E-state index contributed by atoms with van der Waals surface area (Å²) in [5.41, 5.74) is 6.75. The summed E-state index contributed by atoms with van der Waals surface area (Å²) in [6, 6.07) is 11.7. The number of benzene rings is 2. The van der Waals surface area contributed by atoms with E-state index >= 15 is 0 Å². The number of nitrogens with zero attached hydrogens (tertiary/aromatic N) is 1. The van der Waals surface area contributed by atoms with E-state index in [9.17, 15) is 19.2 Å². The summed E-state index contributed by atoms with van der Waals surface area (Å²) in [7, 11) is 0. The van der Waals surface area contributed by atoms with E-state index < -0.39 is 30.6 Å². The first-order valence-electron chi connectivity index (χ1n) is 8.89. The minimum absolute atomic E-state index is 0.128. The van der Waals surface area contributed by atoms with Gasteiger partial charge in [-0.1, -0.05) is 12.1 Å². The van der Waals surface area contributed by atoms with Crippen molar-refractivity contribution < 1.29 is 23.9 Å². The van der Waals surface area contributed by atoms with Crippen LogP contribution >= 0.6 is 0 Å². The van der Waals surface area contributed by atoms with Crippen molar-refractivity contribution in [2.45, 2.75) is 19.4 Å². The molecule has 4 N–H and O–H groups in total. The van der Waals surface area contributed by atoms with Crippen molar-refractivity contribution in [1.29, 1.82) is 0 Å². The lowest BCUT2D eigenvalue weighted by Crippen LogP contribution is -2.41. The normalized spacial score (nSPS) is 15.6. The van der Waals surface area contributed by atoms with Gasteiger partial charge in [0.1, 0.15) is 0 Å². The highest BCUT2D eigenvalue weighted by Crippen LogP contribution is 2.31. The molecule has 2 aromatic carbocycles. The van der Waals surface area contributed by atoms with E-state index in [1.165, 1.54) is 29.2 Å². The van der Waals surface area contributed by atoms with Crippen molar-refractivity contribution in [2.75, 3.05) is 22.1 Å². The number of para-hydroxylation sites is 2. The van der Waals surface area contributed by atoms with Crippen LogP contribution in [0.2, 0.25) is 0 Å². The quantitative estimate of drug-likeness (QED) is 0.681. The molecule has 29 heavy (non-hydrogen) atoms. The molecule has 0 saturated heterocycles. The minimum atomic E-state index is -0.717. The minimum Gasteiger partial charge on any atom is -0.452 e. The van der Waals surface area contributed by atoms with E-state index in [1.54, 1.807) is 31.2 Å². The molecule has 0 radical (unpaired) electrons. The number of hydrogen-bond donors (Lipinski definition) is 3. The molecule has 0 saturated carbocycles. The second-order valence-corrected chi connectivity index (χ2v) is 6.52. The molecule has 0 aromatic heterocycles. The maximum Gasteiger partial charge on any atom is 0.338 e. The third-order valence-corrected chi connectivity index (χ3v) is 4.34. The number of nitrogens with one attached hydrogen (secondary N) is 2. The zero-order valence-electron chi connectivity index (χ0n) is 15.7. The SMILES string of the molecule is CC1CC(=O)Nc2ccccc2N1C(=O)COC(=O)c1ccc(NC(N)=O)cc1. The van der Waals surface area contributed by atoms with Gasteiger partial charge in [-0.25, -0.2) is 9.59 Å². The zero-order chi connectivity index (χ0) is 21.0. The van der Waals surface area contributed by atoms with Crippen LogP contribution in [0.5, 0.6) is 0 Å². The Labute approximate surface area is 166 Å². The van der Waals surface area contributed by atoms with Crippen LogP contribution in [0, 0.1) is 0 Å². The van der Waals surface area contributed by atoms with Gasteiger partial charge in [0.05, 0.1) is 16.9 Å². The van der Waals surface area contributed by atoms with Crippen LogP contribution in [0.1, 0.15) is 23.7 Å². The Morgan fingerprint density at radius 3 is 2.55 bits per heavy atom. The van der Waals surface area contributed by atoms with Crippen LogP contribution in [0.3, 0.4) is 0 Å². The number of urea groups is 1. The summed E-state index contributed by atoms with van der Waals surface area (Å²) < 4.78 is 5.15. The molecule has 1 heterocycles. The van der Waals surface area contributed by atoms with E-state index in [2.05, 4.69) is 10.6 Å². The van der Waals surface area contributed by atoms with E-state index in [1.807, 2.05) is 0 Å². The first-order chi connectivity index (χ1) is 13.8. The Bertz CT molecular complexity index is 958. The van der Waals surface area contributed by atoms with Gasteiger partial charge in [-0.3, -0.25) is 9.59 Å². The predicted octanol–water partition coefficient (Wildman–Crippen LogP) is 2.10. The maximum absolute atomic E-state index is 12.8. The average Bonchev–Trinajstić information content (AvgIpc) is 2.80. The highest BCUT2D eigenvalue weighted by molar-refractivity contribution is 6.05. The molecule has 0 spiro atoms. The molecule has 0 bridgehead atoms. The molecule has 0 fully saturated rings. The van der Waals surface area contributed by atoms with Crippen molar-refractivity contribution in [3.63, 3.8) is 0 Å². The Morgan fingerprint density at radius 2 is 1.86 bits per heavy atom. The summed E-state index contributed by atoms with van der Waals surface area (Å²) in [5, 5.41) is 5.15. The van der Waals surface area contributed by atoms with Gasteiger partial charge in [0, 0.05) is 18.2 Å². The van der Waals surface area contributed by atoms with Crippen LogP contribution in [0.25, 0.3) is 0 Å². The lowest BCUT2D eigenvalue weighted by Gasteiger charge is -2.27. The van der Waals surface area contributed by atoms with Gasteiger partial charge < -0.3 is 26.0 Å². The number of hydrogen-bond acceptors (Lipinski definition) is 5. The van der Waals surface area contributed by atoms with Gasteiger partial charge in [-0.2, -0.15) is 0 Å². The highest BCUT2D eigenvalue weighted by Gasteiger charge is 2.30. The molecule has 1 atom stereocenters. The number of ether oxygens (including phenoxy) is 1. The summed E-state index contributed by atoms with van der Waals surface area (Å²) in [6.45, 7) is 1.28. The molecule has 9 heteroatoms. The molecule has 1 unspecified atom stereocenters.